The van der Waals surface area contributed by atoms with Crippen LogP contribution in [0.1, 0.15) is 27.3 Å². The quantitative estimate of drug-likeness (QED) is 0.439. The van der Waals surface area contributed by atoms with E-state index in [2.05, 4.69) is 39.1 Å². The molecule has 0 aliphatic heterocycles. The van der Waals surface area contributed by atoms with E-state index in [0.717, 1.165) is 29.6 Å². The summed E-state index contributed by atoms with van der Waals surface area (Å²) in [6, 6.07) is 14.0. The van der Waals surface area contributed by atoms with Crippen molar-refractivity contribution in [3.05, 3.63) is 65.0 Å². The van der Waals surface area contributed by atoms with Gasteiger partial charge in [-0.25, -0.2) is 9.97 Å². The number of methoxy groups -OCH3 is 1. The first kappa shape index (κ1) is 20.0. The molecule has 0 saturated heterocycles. The van der Waals surface area contributed by atoms with E-state index in [4.69, 9.17) is 15.5 Å². The van der Waals surface area contributed by atoms with Gasteiger partial charge in [-0.3, -0.25) is 4.79 Å². The summed E-state index contributed by atoms with van der Waals surface area (Å²) >= 11 is 0. The lowest BCUT2D eigenvalue weighted by Gasteiger charge is -2.12. The topological polar surface area (TPSA) is 95.1 Å². The van der Waals surface area contributed by atoms with Crippen LogP contribution >= 0.6 is 0 Å². The third kappa shape index (κ3) is 3.77. The predicted molar refractivity (Wildman–Crippen MR) is 119 cm³/mol. The molecule has 0 radical (unpaired) electrons. The minimum Gasteiger partial charge on any atom is -0.384 e. The first-order valence-corrected chi connectivity index (χ1v) is 9.89. The summed E-state index contributed by atoms with van der Waals surface area (Å²) < 4.78 is 7.47. The summed E-state index contributed by atoms with van der Waals surface area (Å²) in [6.45, 7) is 2.05. The number of carbonyl (C=O) groups is 1. The van der Waals surface area contributed by atoms with Gasteiger partial charge < -0.3 is 20.4 Å². The molecule has 4 rings (SSSR count). The van der Waals surface area contributed by atoms with E-state index in [0.29, 0.717) is 42.0 Å². The molecule has 0 bridgehead atoms. The summed E-state index contributed by atoms with van der Waals surface area (Å²) in [6.07, 6.45) is 1.48. The summed E-state index contributed by atoms with van der Waals surface area (Å²) in [5, 5.41) is 4.09. The van der Waals surface area contributed by atoms with Crippen molar-refractivity contribution in [1.29, 1.82) is 0 Å². The summed E-state index contributed by atoms with van der Waals surface area (Å²) in [4.78, 5) is 20.5. The van der Waals surface area contributed by atoms with E-state index in [1.54, 1.807) is 19.2 Å². The number of pyridine rings is 1. The van der Waals surface area contributed by atoms with Crippen LogP contribution in [-0.2, 0) is 24.2 Å². The molecular weight excluding hydrogens is 378 g/mol. The standard InChI is InChI=1S/C23H25N5O2/c1-25-12-15-3-5-16(6-4-15)13-28-20(9-10-30-2)27-21-22(28)18-8-7-17(14-29)11-19(18)26-23(21)24/h3-8,11,14,25H,9-10,12-13H2,1-2H3,(H2,24,26). The largest absolute Gasteiger partial charge is 0.384 e. The third-order valence-corrected chi connectivity index (χ3v) is 5.22. The van der Waals surface area contributed by atoms with Gasteiger partial charge >= 0.3 is 0 Å². The fourth-order valence-corrected chi connectivity index (χ4v) is 3.75. The van der Waals surface area contributed by atoms with Crippen molar-refractivity contribution in [2.45, 2.75) is 19.5 Å². The van der Waals surface area contributed by atoms with Crippen LogP contribution in [0.25, 0.3) is 21.9 Å². The average Bonchev–Trinajstić information content (AvgIpc) is 3.12. The van der Waals surface area contributed by atoms with Gasteiger partial charge in [0, 0.05) is 37.6 Å². The Morgan fingerprint density at radius 2 is 1.90 bits per heavy atom. The molecular formula is C23H25N5O2. The number of hydrogen-bond acceptors (Lipinski definition) is 6. The lowest BCUT2D eigenvalue weighted by molar-refractivity contribution is 0.112. The minimum absolute atomic E-state index is 0.363. The van der Waals surface area contributed by atoms with Crippen molar-refractivity contribution in [2.24, 2.45) is 0 Å². The van der Waals surface area contributed by atoms with Gasteiger partial charge in [-0.1, -0.05) is 30.3 Å². The van der Waals surface area contributed by atoms with Gasteiger partial charge in [0.15, 0.2) is 5.82 Å². The molecule has 7 heteroatoms. The number of anilines is 1. The number of nitrogens with one attached hydrogen (secondary N) is 1. The first-order valence-electron chi connectivity index (χ1n) is 9.89. The van der Waals surface area contributed by atoms with Crippen molar-refractivity contribution in [2.75, 3.05) is 26.5 Å². The van der Waals surface area contributed by atoms with E-state index in [-0.39, 0.29) is 0 Å². The number of aldehydes is 1. The Hall–Kier alpha value is -3.29. The van der Waals surface area contributed by atoms with E-state index >= 15 is 0 Å². The first-order chi connectivity index (χ1) is 14.6. The fourth-order valence-electron chi connectivity index (χ4n) is 3.75. The average molecular weight is 403 g/mol. The van der Waals surface area contributed by atoms with E-state index in [9.17, 15) is 4.79 Å². The van der Waals surface area contributed by atoms with Crippen LogP contribution in [-0.4, -0.2) is 41.6 Å². The number of carbonyl (C=O) groups excluding carboxylic acids is 1. The van der Waals surface area contributed by atoms with Crippen LogP contribution in [0.15, 0.2) is 42.5 Å². The van der Waals surface area contributed by atoms with Crippen LogP contribution in [0.2, 0.25) is 0 Å². The second-order valence-electron chi connectivity index (χ2n) is 7.29. The van der Waals surface area contributed by atoms with Crippen molar-refractivity contribution < 1.29 is 9.53 Å². The maximum absolute atomic E-state index is 11.2. The minimum atomic E-state index is 0.363. The Morgan fingerprint density at radius 1 is 1.13 bits per heavy atom. The van der Waals surface area contributed by atoms with Crippen molar-refractivity contribution in [3.8, 4) is 0 Å². The second-order valence-corrected chi connectivity index (χ2v) is 7.29. The van der Waals surface area contributed by atoms with E-state index < -0.39 is 0 Å². The molecule has 0 saturated carbocycles. The van der Waals surface area contributed by atoms with Crippen molar-refractivity contribution >= 4 is 34.0 Å². The van der Waals surface area contributed by atoms with Gasteiger partial charge in [-0.15, -0.1) is 0 Å². The number of nitrogen functional groups attached to an aromatic ring is 1. The van der Waals surface area contributed by atoms with Gasteiger partial charge in [-0.05, 0) is 30.3 Å². The summed E-state index contributed by atoms with van der Waals surface area (Å²) in [5.74, 6) is 1.26. The van der Waals surface area contributed by atoms with Gasteiger partial charge in [0.1, 0.15) is 17.6 Å². The number of aromatic nitrogens is 3. The second kappa shape index (κ2) is 8.61. The number of nitrogens with two attached hydrogens (primary N) is 1. The number of benzene rings is 2. The zero-order valence-corrected chi connectivity index (χ0v) is 17.2. The molecule has 2 aromatic carbocycles. The Morgan fingerprint density at radius 3 is 2.60 bits per heavy atom. The van der Waals surface area contributed by atoms with Crippen LogP contribution in [0.3, 0.4) is 0 Å². The third-order valence-electron chi connectivity index (χ3n) is 5.22. The molecule has 0 fully saturated rings. The monoisotopic (exact) mass is 403 g/mol. The molecule has 30 heavy (non-hydrogen) atoms. The van der Waals surface area contributed by atoms with Crippen LogP contribution in [0.4, 0.5) is 5.82 Å². The number of rotatable bonds is 8. The smallest absolute Gasteiger partial charge is 0.152 e. The highest BCUT2D eigenvalue weighted by atomic mass is 16.5. The van der Waals surface area contributed by atoms with Crippen LogP contribution in [0, 0.1) is 0 Å². The number of nitrogens with zero attached hydrogens (tertiary/aromatic N) is 3. The Labute approximate surface area is 174 Å². The molecule has 2 heterocycles. The number of hydrogen-bond donors (Lipinski definition) is 2. The molecule has 7 nitrogen and oxygen atoms in total. The Balaban J connectivity index is 1.88. The zero-order valence-electron chi connectivity index (χ0n) is 17.2. The Kier molecular flexibility index (Phi) is 5.74. The van der Waals surface area contributed by atoms with Gasteiger partial charge in [0.2, 0.25) is 0 Å². The molecule has 0 atom stereocenters. The normalized spacial score (nSPS) is 11.4. The maximum atomic E-state index is 11.2. The maximum Gasteiger partial charge on any atom is 0.152 e. The molecule has 0 amide bonds. The number of ether oxygens (including phenoxy) is 1. The summed E-state index contributed by atoms with van der Waals surface area (Å²) in [7, 11) is 3.62. The van der Waals surface area contributed by atoms with E-state index in [1.165, 1.54) is 11.1 Å². The van der Waals surface area contributed by atoms with Crippen LogP contribution in [0.5, 0.6) is 0 Å². The molecule has 0 aliphatic carbocycles. The molecule has 2 aromatic heterocycles. The number of imidazole rings is 1. The highest BCUT2D eigenvalue weighted by molar-refractivity contribution is 6.07. The lowest BCUT2D eigenvalue weighted by atomic mass is 10.1. The Bertz CT molecular complexity index is 1200. The molecule has 3 N–H and O–H groups in total. The van der Waals surface area contributed by atoms with Gasteiger partial charge in [-0.2, -0.15) is 0 Å². The molecule has 0 unspecified atom stereocenters. The number of fused-ring (bicyclic) bond motifs is 3. The van der Waals surface area contributed by atoms with Crippen LogP contribution < -0.4 is 11.1 Å². The van der Waals surface area contributed by atoms with E-state index in [1.807, 2.05) is 13.1 Å². The molecule has 0 spiro atoms. The molecule has 154 valence electrons. The molecule has 4 aromatic rings. The fraction of sp³-hybridized carbons (Fsp3) is 0.261. The predicted octanol–water partition coefficient (Wildman–Crippen LogP) is 2.94. The highest BCUT2D eigenvalue weighted by Crippen LogP contribution is 2.30. The zero-order chi connectivity index (χ0) is 21.1. The highest BCUT2D eigenvalue weighted by Gasteiger charge is 2.18. The summed E-state index contributed by atoms with van der Waals surface area (Å²) in [5.41, 5.74) is 11.5. The van der Waals surface area contributed by atoms with Crippen molar-refractivity contribution in [1.82, 2.24) is 19.9 Å². The lowest BCUT2D eigenvalue weighted by Crippen LogP contribution is -2.09. The SMILES string of the molecule is CNCc1ccc(Cn2c(CCOC)nc3c(N)nc4cc(C=O)ccc4c32)cc1. The van der Waals surface area contributed by atoms with Gasteiger partial charge in [0.05, 0.1) is 17.6 Å². The van der Waals surface area contributed by atoms with Crippen molar-refractivity contribution in [3.63, 3.8) is 0 Å². The van der Waals surface area contributed by atoms with Gasteiger partial charge in [0.25, 0.3) is 0 Å². The molecule has 0 aliphatic rings.